The fraction of sp³-hybridized carbons (Fsp3) is 0. The third-order valence-electron chi connectivity index (χ3n) is 2.67. The van der Waals surface area contributed by atoms with E-state index in [1.165, 1.54) is 11.8 Å². The van der Waals surface area contributed by atoms with Gasteiger partial charge in [-0.1, -0.05) is 64.3 Å². The van der Waals surface area contributed by atoms with E-state index in [-0.39, 0.29) is 0 Å². The molecule has 100 valence electrons. The monoisotopic (exact) mass is 381 g/mol. The Morgan fingerprint density at radius 1 is 1.10 bits per heavy atom. The van der Waals surface area contributed by atoms with Gasteiger partial charge in [0.25, 0.3) is 0 Å². The molecule has 1 aromatic carbocycles. The summed E-state index contributed by atoms with van der Waals surface area (Å²) >= 11 is 15.1. The molecular weight excluding hydrogens is 374 g/mol. The van der Waals surface area contributed by atoms with Gasteiger partial charge in [-0.2, -0.15) is 0 Å². The van der Waals surface area contributed by atoms with Gasteiger partial charge < -0.3 is 9.73 Å². The van der Waals surface area contributed by atoms with Crippen LogP contribution in [0.1, 0.15) is 5.76 Å². The fourth-order valence-electron chi connectivity index (χ4n) is 1.75. The van der Waals surface area contributed by atoms with Crippen molar-refractivity contribution in [3.8, 4) is 11.3 Å². The van der Waals surface area contributed by atoms with E-state index < -0.39 is 0 Å². The summed E-state index contributed by atoms with van der Waals surface area (Å²) in [5.41, 5.74) is 1.04. The van der Waals surface area contributed by atoms with E-state index in [4.69, 9.17) is 28.9 Å². The van der Waals surface area contributed by atoms with Crippen LogP contribution in [-0.4, -0.2) is 9.31 Å². The molecule has 2 aromatic rings. The Balaban J connectivity index is 1.87. The van der Waals surface area contributed by atoms with Crippen molar-refractivity contribution in [3.63, 3.8) is 0 Å². The highest BCUT2D eigenvalue weighted by Crippen LogP contribution is 2.29. The number of furan rings is 1. The van der Waals surface area contributed by atoms with Crippen molar-refractivity contribution in [1.82, 2.24) is 5.32 Å². The number of rotatable bonds is 2. The molecule has 2 nitrogen and oxygen atoms in total. The first kappa shape index (κ1) is 14.0. The van der Waals surface area contributed by atoms with Crippen LogP contribution in [0.15, 0.2) is 50.2 Å². The van der Waals surface area contributed by atoms with Crippen LogP contribution in [-0.2, 0) is 0 Å². The average molecular weight is 382 g/mol. The van der Waals surface area contributed by atoms with Gasteiger partial charge in [-0.25, -0.2) is 0 Å². The molecule has 1 aliphatic heterocycles. The zero-order valence-electron chi connectivity index (χ0n) is 10.1. The van der Waals surface area contributed by atoms with Gasteiger partial charge in [0.15, 0.2) is 0 Å². The van der Waals surface area contributed by atoms with E-state index in [1.54, 1.807) is 0 Å². The summed E-state index contributed by atoms with van der Waals surface area (Å²) in [7, 11) is 0. The maximum Gasteiger partial charge on any atom is 0.143 e. The second-order valence-corrected chi connectivity index (χ2v) is 7.10. The van der Waals surface area contributed by atoms with Crippen LogP contribution >= 0.6 is 52.1 Å². The zero-order chi connectivity index (χ0) is 14.1. The topological polar surface area (TPSA) is 25.2 Å². The lowest BCUT2D eigenvalue weighted by molar-refractivity contribution is 0.572. The molecule has 1 N–H and O–H groups in total. The number of hydrogen-bond donors (Lipinski definition) is 1. The van der Waals surface area contributed by atoms with Gasteiger partial charge in [0.05, 0.1) is 4.91 Å². The molecule has 1 aromatic heterocycles. The number of benzene rings is 1. The van der Waals surface area contributed by atoms with Crippen molar-refractivity contribution in [2.45, 2.75) is 0 Å². The zero-order valence-corrected chi connectivity index (χ0v) is 14.1. The lowest BCUT2D eigenvalue weighted by Gasteiger charge is -1.97. The van der Waals surface area contributed by atoms with Crippen molar-refractivity contribution in [3.05, 3.63) is 51.5 Å². The normalized spacial score (nSPS) is 16.8. The summed E-state index contributed by atoms with van der Waals surface area (Å²) in [6, 6.07) is 11.9. The molecule has 3 rings (SSSR count). The second-order valence-electron chi connectivity index (χ2n) is 4.06. The summed E-state index contributed by atoms with van der Waals surface area (Å²) in [6.45, 7) is 0. The van der Waals surface area contributed by atoms with E-state index in [0.717, 1.165) is 26.5 Å². The van der Waals surface area contributed by atoms with Crippen LogP contribution in [0.2, 0.25) is 0 Å². The van der Waals surface area contributed by atoms with Crippen molar-refractivity contribution in [1.29, 1.82) is 0 Å². The SMILES string of the molecule is S=C1NC(=S)C(=Cc2ccc(-c3ccc(Br)cc3)o2)S1. The van der Waals surface area contributed by atoms with E-state index in [1.807, 2.05) is 42.5 Å². The minimum Gasteiger partial charge on any atom is -0.457 e. The molecule has 0 atom stereocenters. The standard InChI is InChI=1S/C14H8BrNOS3/c15-9-3-1-8(2-4-9)11-6-5-10(17-11)7-12-13(18)16-14(19)20-12/h1-7H,(H,16,18,19). The van der Waals surface area contributed by atoms with Crippen LogP contribution in [0.25, 0.3) is 17.4 Å². The highest BCUT2D eigenvalue weighted by Gasteiger charge is 2.19. The molecule has 0 unspecified atom stereocenters. The molecule has 0 bridgehead atoms. The predicted molar refractivity (Wildman–Crippen MR) is 95.7 cm³/mol. The fourth-order valence-corrected chi connectivity index (χ4v) is 3.47. The third-order valence-corrected chi connectivity index (χ3v) is 4.83. The van der Waals surface area contributed by atoms with Gasteiger partial charge in [0.1, 0.15) is 20.8 Å². The Labute approximate surface area is 139 Å². The number of nitrogens with one attached hydrogen (secondary N) is 1. The van der Waals surface area contributed by atoms with Gasteiger partial charge in [-0.05, 0) is 30.3 Å². The Kier molecular flexibility index (Phi) is 4.07. The lowest BCUT2D eigenvalue weighted by atomic mass is 10.2. The number of thiocarbonyl (C=S) groups is 2. The van der Waals surface area contributed by atoms with Crippen LogP contribution in [0, 0.1) is 0 Å². The third kappa shape index (κ3) is 3.03. The summed E-state index contributed by atoms with van der Waals surface area (Å²) in [5, 5.41) is 2.94. The molecule has 1 fully saturated rings. The van der Waals surface area contributed by atoms with Crippen molar-refractivity contribution >= 4 is 67.5 Å². The highest BCUT2D eigenvalue weighted by atomic mass is 79.9. The molecule has 6 heteroatoms. The van der Waals surface area contributed by atoms with Gasteiger partial charge in [-0.15, -0.1) is 0 Å². The van der Waals surface area contributed by atoms with E-state index >= 15 is 0 Å². The highest BCUT2D eigenvalue weighted by molar-refractivity contribution is 9.10. The van der Waals surface area contributed by atoms with Crippen molar-refractivity contribution in [2.24, 2.45) is 0 Å². The van der Waals surface area contributed by atoms with Gasteiger partial charge in [0.2, 0.25) is 0 Å². The maximum absolute atomic E-state index is 5.82. The first-order chi connectivity index (χ1) is 9.61. The predicted octanol–water partition coefficient (Wildman–Crippen LogP) is 5.00. The van der Waals surface area contributed by atoms with Gasteiger partial charge >= 0.3 is 0 Å². The maximum atomic E-state index is 5.82. The molecule has 1 aliphatic rings. The van der Waals surface area contributed by atoms with Crippen LogP contribution in [0.3, 0.4) is 0 Å². The van der Waals surface area contributed by atoms with E-state index in [2.05, 4.69) is 21.2 Å². The van der Waals surface area contributed by atoms with Gasteiger partial charge in [-0.3, -0.25) is 0 Å². The Morgan fingerprint density at radius 2 is 1.85 bits per heavy atom. The molecule has 0 saturated carbocycles. The Hall–Kier alpha value is -0.950. The van der Waals surface area contributed by atoms with Crippen molar-refractivity contribution in [2.75, 3.05) is 0 Å². The van der Waals surface area contributed by atoms with Crippen LogP contribution in [0.5, 0.6) is 0 Å². The largest absolute Gasteiger partial charge is 0.457 e. The number of thioether (sulfide) groups is 1. The molecule has 0 spiro atoms. The summed E-state index contributed by atoms with van der Waals surface area (Å²) < 4.78 is 7.54. The van der Waals surface area contributed by atoms with Gasteiger partial charge in [0, 0.05) is 10.0 Å². The van der Waals surface area contributed by atoms with Crippen LogP contribution < -0.4 is 5.32 Å². The summed E-state index contributed by atoms with van der Waals surface area (Å²) in [4.78, 5) is 1.57. The summed E-state index contributed by atoms with van der Waals surface area (Å²) in [6.07, 6.45) is 1.90. The molecular formula is C14H8BrNOS3. The molecule has 2 heterocycles. The molecule has 0 amide bonds. The first-order valence-electron chi connectivity index (χ1n) is 5.72. The second kappa shape index (κ2) is 5.81. The molecule has 0 radical (unpaired) electrons. The average Bonchev–Trinajstić information content (AvgIpc) is 2.98. The summed E-state index contributed by atoms with van der Waals surface area (Å²) in [5.74, 6) is 1.59. The minimum absolute atomic E-state index is 0.654. The number of halogens is 1. The number of hydrogen-bond acceptors (Lipinski definition) is 4. The Morgan fingerprint density at radius 3 is 2.50 bits per heavy atom. The quantitative estimate of drug-likeness (QED) is 0.582. The first-order valence-corrected chi connectivity index (χ1v) is 8.15. The minimum atomic E-state index is 0.654. The molecule has 1 saturated heterocycles. The smallest absolute Gasteiger partial charge is 0.143 e. The van der Waals surface area contributed by atoms with Crippen LogP contribution in [0.4, 0.5) is 0 Å². The van der Waals surface area contributed by atoms with E-state index in [9.17, 15) is 0 Å². The lowest BCUT2D eigenvalue weighted by Crippen LogP contribution is -2.15. The van der Waals surface area contributed by atoms with E-state index in [0.29, 0.717) is 9.31 Å². The van der Waals surface area contributed by atoms with Crippen molar-refractivity contribution < 1.29 is 4.42 Å². The molecule has 0 aliphatic carbocycles. The Bertz CT molecular complexity index is 718. The molecule has 20 heavy (non-hydrogen) atoms.